The standard InChI is InChI=1S/C12H13BrN4O/c13-8-1-2-10-9(3-8)11(17-16-10)12(18)15-6-7-4-14-5-7/h1-3,7,14H,4-6H2,(H,15,18)(H,16,17). The van der Waals surface area contributed by atoms with Gasteiger partial charge in [0.1, 0.15) is 0 Å². The summed E-state index contributed by atoms with van der Waals surface area (Å²) in [6, 6.07) is 5.72. The van der Waals surface area contributed by atoms with Gasteiger partial charge in [0.25, 0.3) is 5.91 Å². The van der Waals surface area contributed by atoms with E-state index >= 15 is 0 Å². The van der Waals surface area contributed by atoms with Crippen molar-refractivity contribution in [2.75, 3.05) is 19.6 Å². The van der Waals surface area contributed by atoms with Crippen LogP contribution in [0.5, 0.6) is 0 Å². The number of fused-ring (bicyclic) bond motifs is 1. The zero-order valence-electron chi connectivity index (χ0n) is 9.66. The highest BCUT2D eigenvalue weighted by molar-refractivity contribution is 9.10. The van der Waals surface area contributed by atoms with E-state index in [1.54, 1.807) is 0 Å². The normalized spacial score (nSPS) is 15.6. The number of rotatable bonds is 3. The van der Waals surface area contributed by atoms with Gasteiger partial charge in [-0.05, 0) is 18.2 Å². The number of H-pyrrole nitrogens is 1. The number of aromatic nitrogens is 2. The number of benzene rings is 1. The molecule has 1 aromatic heterocycles. The summed E-state index contributed by atoms with van der Waals surface area (Å²) in [6.07, 6.45) is 0. The molecule has 3 rings (SSSR count). The lowest BCUT2D eigenvalue weighted by atomic mass is 10.0. The van der Waals surface area contributed by atoms with E-state index in [1.807, 2.05) is 18.2 Å². The van der Waals surface area contributed by atoms with Crippen molar-refractivity contribution in [2.24, 2.45) is 5.92 Å². The van der Waals surface area contributed by atoms with Crippen molar-refractivity contribution in [3.8, 4) is 0 Å². The van der Waals surface area contributed by atoms with Crippen molar-refractivity contribution in [1.29, 1.82) is 0 Å². The van der Waals surface area contributed by atoms with Crippen LogP contribution >= 0.6 is 15.9 Å². The van der Waals surface area contributed by atoms with Crippen molar-refractivity contribution in [1.82, 2.24) is 20.8 Å². The molecule has 18 heavy (non-hydrogen) atoms. The molecule has 94 valence electrons. The minimum atomic E-state index is -0.119. The van der Waals surface area contributed by atoms with Crippen LogP contribution in [0, 0.1) is 5.92 Å². The van der Waals surface area contributed by atoms with Crippen LogP contribution in [0.4, 0.5) is 0 Å². The first-order valence-electron chi connectivity index (χ1n) is 5.86. The quantitative estimate of drug-likeness (QED) is 0.800. The second-order valence-electron chi connectivity index (χ2n) is 4.50. The Kier molecular flexibility index (Phi) is 3.05. The molecule has 0 spiro atoms. The molecular weight excluding hydrogens is 296 g/mol. The largest absolute Gasteiger partial charge is 0.350 e. The van der Waals surface area contributed by atoms with Crippen LogP contribution in [0.1, 0.15) is 10.5 Å². The van der Waals surface area contributed by atoms with Gasteiger partial charge in [-0.1, -0.05) is 15.9 Å². The summed E-state index contributed by atoms with van der Waals surface area (Å²) in [4.78, 5) is 12.0. The molecule has 0 radical (unpaired) electrons. The molecular formula is C12H13BrN4O. The van der Waals surface area contributed by atoms with Crippen LogP contribution in [-0.4, -0.2) is 35.7 Å². The Hall–Kier alpha value is -1.40. The van der Waals surface area contributed by atoms with Gasteiger partial charge in [-0.25, -0.2) is 0 Å². The lowest BCUT2D eigenvalue weighted by Gasteiger charge is -2.26. The van der Waals surface area contributed by atoms with Crippen LogP contribution in [0.3, 0.4) is 0 Å². The average Bonchev–Trinajstić information content (AvgIpc) is 2.69. The van der Waals surface area contributed by atoms with Gasteiger partial charge in [-0.3, -0.25) is 9.89 Å². The Balaban J connectivity index is 1.79. The van der Waals surface area contributed by atoms with E-state index in [0.717, 1.165) is 28.5 Å². The third-order valence-corrected chi connectivity index (χ3v) is 3.65. The van der Waals surface area contributed by atoms with Crippen LogP contribution in [-0.2, 0) is 0 Å². The van der Waals surface area contributed by atoms with E-state index in [9.17, 15) is 4.79 Å². The van der Waals surface area contributed by atoms with Gasteiger partial charge in [0, 0.05) is 35.4 Å². The van der Waals surface area contributed by atoms with Crippen molar-refractivity contribution in [2.45, 2.75) is 0 Å². The van der Waals surface area contributed by atoms with Gasteiger partial charge >= 0.3 is 0 Å². The molecule has 6 heteroatoms. The fourth-order valence-corrected chi connectivity index (χ4v) is 2.33. The second-order valence-corrected chi connectivity index (χ2v) is 5.41. The first-order chi connectivity index (χ1) is 8.74. The van der Waals surface area contributed by atoms with E-state index in [-0.39, 0.29) is 5.91 Å². The Morgan fingerprint density at radius 1 is 1.50 bits per heavy atom. The van der Waals surface area contributed by atoms with Crippen molar-refractivity contribution < 1.29 is 4.79 Å². The van der Waals surface area contributed by atoms with E-state index in [2.05, 4.69) is 36.8 Å². The third-order valence-electron chi connectivity index (χ3n) is 3.16. The van der Waals surface area contributed by atoms with Gasteiger partial charge in [0.15, 0.2) is 5.69 Å². The van der Waals surface area contributed by atoms with Crippen molar-refractivity contribution in [3.63, 3.8) is 0 Å². The maximum absolute atomic E-state index is 12.0. The minimum Gasteiger partial charge on any atom is -0.350 e. The number of amides is 1. The molecule has 0 aliphatic carbocycles. The summed E-state index contributed by atoms with van der Waals surface area (Å²) in [6.45, 7) is 2.66. The molecule has 0 atom stereocenters. The molecule has 3 N–H and O–H groups in total. The van der Waals surface area contributed by atoms with Gasteiger partial charge in [-0.15, -0.1) is 0 Å². The summed E-state index contributed by atoms with van der Waals surface area (Å²) in [5.74, 6) is 0.428. The van der Waals surface area contributed by atoms with Crippen LogP contribution in [0.2, 0.25) is 0 Å². The molecule has 5 nitrogen and oxygen atoms in total. The summed E-state index contributed by atoms with van der Waals surface area (Å²) < 4.78 is 0.939. The Morgan fingerprint density at radius 3 is 3.06 bits per heavy atom. The molecule has 1 amide bonds. The van der Waals surface area contributed by atoms with Crippen LogP contribution in [0.15, 0.2) is 22.7 Å². The molecule has 1 saturated heterocycles. The smallest absolute Gasteiger partial charge is 0.272 e. The molecule has 2 aromatic rings. The average molecular weight is 309 g/mol. The van der Waals surface area contributed by atoms with Crippen LogP contribution < -0.4 is 10.6 Å². The molecule has 1 aliphatic heterocycles. The summed E-state index contributed by atoms with van der Waals surface area (Å²) in [5, 5.41) is 13.9. The third kappa shape index (κ3) is 2.13. The number of nitrogens with one attached hydrogen (secondary N) is 3. The second kappa shape index (κ2) is 4.70. The Morgan fingerprint density at radius 2 is 2.33 bits per heavy atom. The van der Waals surface area contributed by atoms with E-state index in [1.165, 1.54) is 0 Å². The molecule has 0 saturated carbocycles. The molecule has 0 unspecified atom stereocenters. The molecule has 0 bridgehead atoms. The van der Waals surface area contributed by atoms with Crippen molar-refractivity contribution >= 4 is 32.7 Å². The predicted octanol–water partition coefficient (Wildman–Crippen LogP) is 1.27. The Labute approximate surface area is 112 Å². The van der Waals surface area contributed by atoms with Gasteiger partial charge in [0.05, 0.1) is 5.52 Å². The zero-order chi connectivity index (χ0) is 12.5. The number of aromatic amines is 1. The first-order valence-corrected chi connectivity index (χ1v) is 6.66. The fourth-order valence-electron chi connectivity index (χ4n) is 1.97. The molecule has 2 heterocycles. The van der Waals surface area contributed by atoms with E-state index < -0.39 is 0 Å². The monoisotopic (exact) mass is 308 g/mol. The summed E-state index contributed by atoms with van der Waals surface area (Å²) in [7, 11) is 0. The number of hydrogen-bond acceptors (Lipinski definition) is 3. The van der Waals surface area contributed by atoms with Gasteiger partial charge in [-0.2, -0.15) is 5.10 Å². The topological polar surface area (TPSA) is 69.8 Å². The number of carbonyl (C=O) groups is 1. The minimum absolute atomic E-state index is 0.119. The zero-order valence-corrected chi connectivity index (χ0v) is 11.3. The molecule has 1 aliphatic rings. The molecule has 1 aromatic carbocycles. The lowest BCUT2D eigenvalue weighted by molar-refractivity contribution is 0.0939. The molecule has 1 fully saturated rings. The Bertz CT molecular complexity index is 591. The number of halogens is 1. The van der Waals surface area contributed by atoms with Crippen molar-refractivity contribution in [3.05, 3.63) is 28.4 Å². The fraction of sp³-hybridized carbons (Fsp3) is 0.333. The van der Waals surface area contributed by atoms with Crippen LogP contribution in [0.25, 0.3) is 10.9 Å². The predicted molar refractivity (Wildman–Crippen MR) is 72.5 cm³/mol. The number of nitrogens with zero attached hydrogens (tertiary/aromatic N) is 1. The highest BCUT2D eigenvalue weighted by atomic mass is 79.9. The summed E-state index contributed by atoms with van der Waals surface area (Å²) >= 11 is 3.40. The summed E-state index contributed by atoms with van der Waals surface area (Å²) in [5.41, 5.74) is 1.33. The first kappa shape index (κ1) is 11.7. The lowest BCUT2D eigenvalue weighted by Crippen LogP contribution is -2.48. The van der Waals surface area contributed by atoms with E-state index in [4.69, 9.17) is 0 Å². The number of carbonyl (C=O) groups excluding carboxylic acids is 1. The van der Waals surface area contributed by atoms with E-state index in [0.29, 0.717) is 18.2 Å². The van der Waals surface area contributed by atoms with Gasteiger partial charge < -0.3 is 10.6 Å². The highest BCUT2D eigenvalue weighted by Gasteiger charge is 2.19. The van der Waals surface area contributed by atoms with Gasteiger partial charge in [0.2, 0.25) is 0 Å². The SMILES string of the molecule is O=C(NCC1CNC1)c1n[nH]c2ccc(Br)cc12. The number of hydrogen-bond donors (Lipinski definition) is 3. The highest BCUT2D eigenvalue weighted by Crippen LogP contribution is 2.20. The maximum atomic E-state index is 12.0. The maximum Gasteiger partial charge on any atom is 0.272 e.